The van der Waals surface area contributed by atoms with Crippen molar-refractivity contribution in [2.45, 2.75) is 58.7 Å². The second-order valence-electron chi connectivity index (χ2n) is 8.04. The molecular formula is C21H31NO3. The molecule has 0 aromatic heterocycles. The highest BCUT2D eigenvalue weighted by atomic mass is 16.5. The van der Waals surface area contributed by atoms with E-state index in [1.807, 2.05) is 6.07 Å². The molecule has 2 saturated carbocycles. The molecule has 25 heavy (non-hydrogen) atoms. The van der Waals surface area contributed by atoms with Gasteiger partial charge in [-0.15, -0.1) is 0 Å². The fraction of sp³-hybridized carbons (Fsp3) is 0.667. The van der Waals surface area contributed by atoms with Crippen molar-refractivity contribution in [3.63, 3.8) is 0 Å². The quantitative estimate of drug-likeness (QED) is 0.644. The van der Waals surface area contributed by atoms with Gasteiger partial charge in [0, 0.05) is 5.69 Å². The molecule has 0 aliphatic heterocycles. The van der Waals surface area contributed by atoms with Crippen molar-refractivity contribution in [3.8, 4) is 0 Å². The molecule has 2 aliphatic carbocycles. The average Bonchev–Trinajstić information content (AvgIpc) is 2.60. The van der Waals surface area contributed by atoms with Crippen LogP contribution in [0.25, 0.3) is 0 Å². The zero-order chi connectivity index (χ0) is 18.1. The lowest BCUT2D eigenvalue weighted by Gasteiger charge is -2.51. The Bertz CT molecular complexity index is 617. The van der Waals surface area contributed by atoms with Crippen LogP contribution in [0.5, 0.6) is 0 Å². The smallest absolute Gasteiger partial charge is 0.340 e. The number of nitrogens with two attached hydrogens (primary N) is 1. The van der Waals surface area contributed by atoms with Gasteiger partial charge in [-0.2, -0.15) is 0 Å². The number of carbonyl (C=O) groups excluding carboxylic acids is 1. The summed E-state index contributed by atoms with van der Waals surface area (Å²) < 4.78 is 5.83. The predicted octanol–water partition coefficient (Wildman–Crippen LogP) is 3.88. The van der Waals surface area contributed by atoms with Gasteiger partial charge < -0.3 is 15.6 Å². The summed E-state index contributed by atoms with van der Waals surface area (Å²) in [4.78, 5) is 12.5. The molecule has 1 aromatic carbocycles. The molecule has 0 spiro atoms. The maximum absolute atomic E-state index is 12.5. The third-order valence-electron chi connectivity index (χ3n) is 6.84. The van der Waals surface area contributed by atoms with Gasteiger partial charge in [-0.1, -0.05) is 39.3 Å². The molecule has 2 aliphatic rings. The Morgan fingerprint density at radius 1 is 1.24 bits per heavy atom. The summed E-state index contributed by atoms with van der Waals surface area (Å²) in [7, 11) is 0. The van der Waals surface area contributed by atoms with E-state index < -0.39 is 0 Å². The number of rotatable bonds is 3. The molecule has 0 heterocycles. The molecule has 7 unspecified atom stereocenters. The molecule has 1 aromatic rings. The number of hydrogen-bond acceptors (Lipinski definition) is 4. The molecule has 4 nitrogen and oxygen atoms in total. The Kier molecular flexibility index (Phi) is 5.38. The Labute approximate surface area is 150 Å². The van der Waals surface area contributed by atoms with Crippen molar-refractivity contribution >= 4 is 11.7 Å². The lowest BCUT2D eigenvalue weighted by molar-refractivity contribution is -0.110. The minimum atomic E-state index is -0.349. The highest BCUT2D eigenvalue weighted by molar-refractivity contribution is 5.95. The lowest BCUT2D eigenvalue weighted by atomic mass is 9.57. The van der Waals surface area contributed by atoms with Crippen molar-refractivity contribution in [3.05, 3.63) is 29.8 Å². The maximum atomic E-state index is 12.5. The van der Waals surface area contributed by atoms with E-state index in [1.54, 1.807) is 18.2 Å². The van der Waals surface area contributed by atoms with E-state index in [4.69, 9.17) is 10.5 Å². The van der Waals surface area contributed by atoms with Gasteiger partial charge in [-0.25, -0.2) is 4.79 Å². The number of esters is 1. The first-order valence-corrected chi connectivity index (χ1v) is 9.67. The van der Waals surface area contributed by atoms with Gasteiger partial charge in [-0.3, -0.25) is 0 Å². The van der Waals surface area contributed by atoms with Crippen molar-refractivity contribution < 1.29 is 14.6 Å². The molecule has 138 valence electrons. The molecule has 3 rings (SSSR count). The van der Waals surface area contributed by atoms with Crippen molar-refractivity contribution in [2.75, 3.05) is 5.73 Å². The van der Waals surface area contributed by atoms with Gasteiger partial charge in [0.2, 0.25) is 0 Å². The molecule has 0 saturated heterocycles. The second kappa shape index (κ2) is 7.36. The first-order chi connectivity index (χ1) is 11.9. The van der Waals surface area contributed by atoms with Crippen LogP contribution in [0.3, 0.4) is 0 Å². The predicted molar refractivity (Wildman–Crippen MR) is 99.0 cm³/mol. The van der Waals surface area contributed by atoms with Crippen LogP contribution in [0.4, 0.5) is 5.69 Å². The first kappa shape index (κ1) is 18.2. The van der Waals surface area contributed by atoms with Gasteiger partial charge in [0.05, 0.1) is 11.7 Å². The Morgan fingerprint density at radius 2 is 1.96 bits per heavy atom. The number of anilines is 1. The summed E-state index contributed by atoms with van der Waals surface area (Å²) in [5.41, 5.74) is 6.78. The molecule has 4 heteroatoms. The minimum Gasteiger partial charge on any atom is -0.458 e. The van der Waals surface area contributed by atoms with E-state index >= 15 is 0 Å². The SMILES string of the molecule is CCC1CC(O)C2C(C)C(OC(=O)c3ccccc3N)CCC2C1C. The number of ether oxygens (including phenoxy) is 1. The molecule has 2 fully saturated rings. The topological polar surface area (TPSA) is 72.5 Å². The molecule has 0 bridgehead atoms. The van der Waals surface area contributed by atoms with Crippen LogP contribution in [0.15, 0.2) is 24.3 Å². The van der Waals surface area contributed by atoms with Gasteiger partial charge in [-0.05, 0) is 61.0 Å². The molecule has 3 N–H and O–H groups in total. The van der Waals surface area contributed by atoms with Crippen LogP contribution in [0, 0.1) is 29.6 Å². The first-order valence-electron chi connectivity index (χ1n) is 9.67. The number of hydrogen-bond donors (Lipinski definition) is 2. The normalized spacial score (nSPS) is 38.0. The van der Waals surface area contributed by atoms with Crippen molar-refractivity contribution in [1.82, 2.24) is 0 Å². The number of carbonyl (C=O) groups is 1. The average molecular weight is 345 g/mol. The zero-order valence-corrected chi connectivity index (χ0v) is 15.5. The number of nitrogen functional groups attached to an aromatic ring is 1. The number of fused-ring (bicyclic) bond motifs is 1. The van der Waals surface area contributed by atoms with E-state index in [2.05, 4.69) is 20.8 Å². The number of benzene rings is 1. The van der Waals surface area contributed by atoms with E-state index in [-0.39, 0.29) is 30.0 Å². The minimum absolute atomic E-state index is 0.145. The highest BCUT2D eigenvalue weighted by Crippen LogP contribution is 2.50. The molecular weight excluding hydrogens is 314 g/mol. The highest BCUT2D eigenvalue weighted by Gasteiger charge is 2.48. The van der Waals surface area contributed by atoms with Crippen molar-refractivity contribution in [2.24, 2.45) is 29.6 Å². The number of aliphatic hydroxyl groups is 1. The number of aliphatic hydroxyl groups excluding tert-OH is 1. The van der Waals surface area contributed by atoms with Crippen LogP contribution in [-0.2, 0) is 4.74 Å². The molecule has 7 atom stereocenters. The van der Waals surface area contributed by atoms with E-state index in [0.717, 1.165) is 25.7 Å². The summed E-state index contributed by atoms with van der Waals surface area (Å²) in [5, 5.41) is 10.7. The van der Waals surface area contributed by atoms with Crippen LogP contribution in [0.1, 0.15) is 56.8 Å². The maximum Gasteiger partial charge on any atom is 0.340 e. The van der Waals surface area contributed by atoms with Crippen LogP contribution >= 0.6 is 0 Å². The standard InChI is InChI=1S/C21H31NO3/c1-4-14-11-18(23)20-13(3)19(10-9-15(20)12(14)2)25-21(24)16-7-5-6-8-17(16)22/h5-8,12-15,18-20,23H,4,9-11,22H2,1-3H3. The van der Waals surface area contributed by atoms with Crippen molar-refractivity contribution in [1.29, 1.82) is 0 Å². The number of para-hydroxylation sites is 1. The third-order valence-corrected chi connectivity index (χ3v) is 6.84. The fourth-order valence-corrected chi connectivity index (χ4v) is 5.32. The second-order valence-corrected chi connectivity index (χ2v) is 8.04. The zero-order valence-electron chi connectivity index (χ0n) is 15.5. The Balaban J connectivity index is 1.72. The monoisotopic (exact) mass is 345 g/mol. The van der Waals surface area contributed by atoms with E-state index in [1.165, 1.54) is 0 Å². The summed E-state index contributed by atoms with van der Waals surface area (Å²) in [6, 6.07) is 7.03. The Hall–Kier alpha value is -1.55. The van der Waals surface area contributed by atoms with Gasteiger partial charge >= 0.3 is 5.97 Å². The summed E-state index contributed by atoms with van der Waals surface area (Å²) in [6.07, 6.45) is 3.45. The van der Waals surface area contributed by atoms with Crippen LogP contribution in [-0.4, -0.2) is 23.3 Å². The summed E-state index contributed by atoms with van der Waals surface area (Å²) in [5.74, 6) is 1.80. The van der Waals surface area contributed by atoms with Crippen LogP contribution < -0.4 is 5.73 Å². The molecule has 0 radical (unpaired) electrons. The van der Waals surface area contributed by atoms with E-state index in [0.29, 0.717) is 29.0 Å². The molecule has 0 amide bonds. The third kappa shape index (κ3) is 3.41. The summed E-state index contributed by atoms with van der Waals surface area (Å²) in [6.45, 7) is 6.68. The van der Waals surface area contributed by atoms with Gasteiger partial charge in [0.25, 0.3) is 0 Å². The summed E-state index contributed by atoms with van der Waals surface area (Å²) >= 11 is 0. The largest absolute Gasteiger partial charge is 0.458 e. The fourth-order valence-electron chi connectivity index (χ4n) is 5.32. The van der Waals surface area contributed by atoms with Gasteiger partial charge in [0.15, 0.2) is 0 Å². The lowest BCUT2D eigenvalue weighted by Crippen LogP contribution is -2.51. The van der Waals surface area contributed by atoms with E-state index in [9.17, 15) is 9.90 Å². The van der Waals surface area contributed by atoms with Gasteiger partial charge in [0.1, 0.15) is 6.10 Å². The Morgan fingerprint density at radius 3 is 2.64 bits per heavy atom. The van der Waals surface area contributed by atoms with Crippen LogP contribution in [0.2, 0.25) is 0 Å².